The quantitative estimate of drug-likeness (QED) is 0.586. The molecule has 2 rings (SSSR count). The van der Waals surface area contributed by atoms with Gasteiger partial charge in [0.05, 0.1) is 0 Å². The van der Waals surface area contributed by atoms with Crippen molar-refractivity contribution in [2.24, 2.45) is 5.92 Å². The molecule has 3 heteroatoms. The lowest BCUT2D eigenvalue weighted by Gasteiger charge is -2.30. The molecule has 0 saturated heterocycles. The van der Waals surface area contributed by atoms with Crippen molar-refractivity contribution in [2.75, 3.05) is 20.1 Å². The van der Waals surface area contributed by atoms with Gasteiger partial charge in [-0.1, -0.05) is 49.2 Å². The van der Waals surface area contributed by atoms with Crippen LogP contribution in [-0.2, 0) is 0 Å². The first-order valence-electron chi connectivity index (χ1n) is 10.9. The van der Waals surface area contributed by atoms with Gasteiger partial charge in [0, 0.05) is 24.7 Å². The monoisotopic (exact) mass is 394 g/mol. The maximum absolute atomic E-state index is 12.7. The second kappa shape index (κ2) is 10.6. The molecule has 0 aliphatic heterocycles. The fourth-order valence-corrected chi connectivity index (χ4v) is 4.10. The molecule has 0 aliphatic carbocycles. The third-order valence-electron chi connectivity index (χ3n) is 6.18. The number of hydrogen-bond acceptors (Lipinski definition) is 2. The average Bonchev–Trinajstić information content (AvgIpc) is 2.67. The molecule has 0 heterocycles. The highest BCUT2D eigenvalue weighted by molar-refractivity contribution is 5.95. The Labute approximate surface area is 177 Å². The number of carbonyl (C=O) groups is 1. The fourth-order valence-electron chi connectivity index (χ4n) is 4.10. The first-order valence-corrected chi connectivity index (χ1v) is 10.9. The van der Waals surface area contributed by atoms with Crippen molar-refractivity contribution in [1.29, 1.82) is 0 Å². The van der Waals surface area contributed by atoms with Gasteiger partial charge < -0.3 is 5.32 Å². The van der Waals surface area contributed by atoms with Crippen LogP contribution in [0.1, 0.15) is 70.9 Å². The standard InChI is InChI=1S/C26H38N2O/c1-8-10-23(16-27-26(29)24-14-13-18(2)15-20(24)4)17-28(7)22(6)25-12-9-11-19(3)21(25)5/h9,11-15,22-23H,8,10,16-17H2,1-7H3,(H,27,29). The van der Waals surface area contributed by atoms with Gasteiger partial charge >= 0.3 is 0 Å². The molecule has 158 valence electrons. The van der Waals surface area contributed by atoms with E-state index < -0.39 is 0 Å². The zero-order valence-electron chi connectivity index (χ0n) is 19.3. The van der Waals surface area contributed by atoms with E-state index in [2.05, 4.69) is 76.1 Å². The van der Waals surface area contributed by atoms with Crippen molar-refractivity contribution in [1.82, 2.24) is 10.2 Å². The molecule has 3 nitrogen and oxygen atoms in total. The predicted octanol–water partition coefficient (Wildman–Crippen LogP) is 5.76. The van der Waals surface area contributed by atoms with Crippen LogP contribution in [-0.4, -0.2) is 30.9 Å². The molecule has 0 radical (unpaired) electrons. The number of nitrogens with one attached hydrogen (secondary N) is 1. The Hall–Kier alpha value is -2.13. The summed E-state index contributed by atoms with van der Waals surface area (Å²) in [6, 6.07) is 12.9. The Bertz CT molecular complexity index is 827. The summed E-state index contributed by atoms with van der Waals surface area (Å²) >= 11 is 0. The fraction of sp³-hybridized carbons (Fsp3) is 0.500. The van der Waals surface area contributed by atoms with Gasteiger partial charge in [-0.25, -0.2) is 0 Å². The number of hydrogen-bond donors (Lipinski definition) is 1. The minimum atomic E-state index is 0.0360. The molecule has 1 N–H and O–H groups in total. The van der Waals surface area contributed by atoms with Crippen LogP contribution in [0.2, 0.25) is 0 Å². The summed E-state index contributed by atoms with van der Waals surface area (Å²) < 4.78 is 0. The summed E-state index contributed by atoms with van der Waals surface area (Å²) in [4.78, 5) is 15.1. The van der Waals surface area contributed by atoms with Crippen molar-refractivity contribution in [3.8, 4) is 0 Å². The second-order valence-electron chi connectivity index (χ2n) is 8.59. The minimum Gasteiger partial charge on any atom is -0.352 e. The lowest BCUT2D eigenvalue weighted by molar-refractivity contribution is 0.0939. The van der Waals surface area contributed by atoms with Gasteiger partial charge in [-0.05, 0) is 82.3 Å². The van der Waals surface area contributed by atoms with Crippen LogP contribution in [0.5, 0.6) is 0 Å². The lowest BCUT2D eigenvalue weighted by atomic mass is 9.96. The van der Waals surface area contributed by atoms with Crippen molar-refractivity contribution in [2.45, 2.75) is 60.4 Å². The average molecular weight is 395 g/mol. The number of amides is 1. The molecule has 1 amide bonds. The van der Waals surface area contributed by atoms with E-state index in [1.165, 1.54) is 22.3 Å². The van der Waals surface area contributed by atoms with Crippen LogP contribution < -0.4 is 5.32 Å². The van der Waals surface area contributed by atoms with E-state index in [1.807, 2.05) is 19.1 Å². The van der Waals surface area contributed by atoms with Gasteiger partial charge in [-0.15, -0.1) is 0 Å². The smallest absolute Gasteiger partial charge is 0.251 e. The van der Waals surface area contributed by atoms with Crippen LogP contribution in [0.4, 0.5) is 0 Å². The molecule has 2 unspecified atom stereocenters. The van der Waals surface area contributed by atoms with E-state index >= 15 is 0 Å². The summed E-state index contributed by atoms with van der Waals surface area (Å²) in [7, 11) is 2.20. The molecule has 0 bridgehead atoms. The van der Waals surface area contributed by atoms with E-state index in [1.54, 1.807) is 0 Å². The zero-order valence-corrected chi connectivity index (χ0v) is 19.3. The maximum atomic E-state index is 12.7. The molecular formula is C26H38N2O. The van der Waals surface area contributed by atoms with Crippen molar-refractivity contribution in [3.05, 3.63) is 69.8 Å². The van der Waals surface area contributed by atoms with Gasteiger partial charge in [-0.3, -0.25) is 9.69 Å². The Kier molecular flexibility index (Phi) is 8.45. The van der Waals surface area contributed by atoms with Crippen LogP contribution >= 0.6 is 0 Å². The number of benzene rings is 2. The highest BCUT2D eigenvalue weighted by atomic mass is 16.1. The van der Waals surface area contributed by atoms with Gasteiger partial charge in [0.1, 0.15) is 0 Å². The third kappa shape index (κ3) is 6.17. The van der Waals surface area contributed by atoms with Crippen molar-refractivity contribution >= 4 is 5.91 Å². The Morgan fingerprint density at radius 1 is 1.07 bits per heavy atom. The summed E-state index contributed by atoms with van der Waals surface area (Å²) in [6.07, 6.45) is 2.23. The first-order chi connectivity index (χ1) is 13.7. The normalized spacial score (nSPS) is 13.4. The molecule has 0 saturated carbocycles. The second-order valence-corrected chi connectivity index (χ2v) is 8.59. The van der Waals surface area contributed by atoms with Crippen LogP contribution in [0.15, 0.2) is 36.4 Å². The minimum absolute atomic E-state index is 0.0360. The number of carbonyl (C=O) groups excluding carboxylic acids is 1. The number of aryl methyl sites for hydroxylation is 3. The largest absolute Gasteiger partial charge is 0.352 e. The summed E-state index contributed by atoms with van der Waals surface area (Å²) in [5.74, 6) is 0.473. The van der Waals surface area contributed by atoms with Crippen molar-refractivity contribution in [3.63, 3.8) is 0 Å². The Morgan fingerprint density at radius 3 is 2.45 bits per heavy atom. The molecule has 0 spiro atoms. The van der Waals surface area contributed by atoms with E-state index in [4.69, 9.17) is 0 Å². The van der Waals surface area contributed by atoms with E-state index in [-0.39, 0.29) is 5.91 Å². The van der Waals surface area contributed by atoms with E-state index in [0.29, 0.717) is 18.5 Å². The Morgan fingerprint density at radius 2 is 1.79 bits per heavy atom. The zero-order chi connectivity index (χ0) is 21.6. The lowest BCUT2D eigenvalue weighted by Crippen LogP contribution is -2.36. The van der Waals surface area contributed by atoms with Gasteiger partial charge in [0.25, 0.3) is 5.91 Å². The molecular weight excluding hydrogens is 356 g/mol. The maximum Gasteiger partial charge on any atom is 0.251 e. The first kappa shape index (κ1) is 23.2. The molecule has 2 atom stereocenters. The summed E-state index contributed by atoms with van der Waals surface area (Å²) in [5.41, 5.74) is 7.11. The van der Waals surface area contributed by atoms with E-state index in [0.717, 1.165) is 30.5 Å². The molecule has 2 aromatic carbocycles. The topological polar surface area (TPSA) is 32.3 Å². The molecule has 0 fully saturated rings. The predicted molar refractivity (Wildman–Crippen MR) is 124 cm³/mol. The molecule has 2 aromatic rings. The highest BCUT2D eigenvalue weighted by Gasteiger charge is 2.19. The Balaban J connectivity index is 2.01. The van der Waals surface area contributed by atoms with E-state index in [9.17, 15) is 4.79 Å². The molecule has 29 heavy (non-hydrogen) atoms. The van der Waals surface area contributed by atoms with Gasteiger partial charge in [-0.2, -0.15) is 0 Å². The molecule has 0 aromatic heterocycles. The highest BCUT2D eigenvalue weighted by Crippen LogP contribution is 2.25. The SMILES string of the molecule is CCCC(CNC(=O)c1ccc(C)cc1C)CN(C)C(C)c1cccc(C)c1C. The van der Waals surface area contributed by atoms with Gasteiger partial charge in [0.2, 0.25) is 0 Å². The third-order valence-corrected chi connectivity index (χ3v) is 6.18. The summed E-state index contributed by atoms with van der Waals surface area (Å²) in [5, 5.41) is 3.18. The number of rotatable bonds is 9. The van der Waals surface area contributed by atoms with Crippen LogP contribution in [0.3, 0.4) is 0 Å². The van der Waals surface area contributed by atoms with Crippen LogP contribution in [0, 0.1) is 33.6 Å². The van der Waals surface area contributed by atoms with Crippen molar-refractivity contribution < 1.29 is 4.79 Å². The summed E-state index contributed by atoms with van der Waals surface area (Å²) in [6.45, 7) is 14.6. The van der Waals surface area contributed by atoms with Crippen LogP contribution in [0.25, 0.3) is 0 Å². The van der Waals surface area contributed by atoms with Gasteiger partial charge in [0.15, 0.2) is 0 Å². The number of nitrogens with zero attached hydrogens (tertiary/aromatic N) is 1. The molecule has 0 aliphatic rings.